The molecule has 0 aliphatic carbocycles. The first-order valence-electron chi connectivity index (χ1n) is 9.17. The maximum absolute atomic E-state index is 14.1. The lowest BCUT2D eigenvalue weighted by atomic mass is 9.64. The van der Waals surface area contributed by atoms with Crippen LogP contribution in [0.25, 0.3) is 0 Å². The van der Waals surface area contributed by atoms with Gasteiger partial charge in [0.25, 0.3) is 5.66 Å². The lowest BCUT2D eigenvalue weighted by molar-refractivity contribution is -0.889. The summed E-state index contributed by atoms with van der Waals surface area (Å²) >= 11 is 0. The maximum Gasteiger partial charge on any atom is 0.407 e. The molecule has 0 spiro atoms. The number of nitrogens with zero attached hydrogens (tertiary/aromatic N) is 1. The third-order valence-corrected chi connectivity index (χ3v) is 8.30. The van der Waals surface area contributed by atoms with E-state index in [4.69, 9.17) is 9.84 Å². The van der Waals surface area contributed by atoms with Gasteiger partial charge in [-0.25, -0.2) is 13.6 Å². The van der Waals surface area contributed by atoms with E-state index in [2.05, 4.69) is 14.6 Å². The molecule has 0 rings (SSSR count). The van der Waals surface area contributed by atoms with Crippen molar-refractivity contribution in [1.82, 2.24) is 5.32 Å². The van der Waals surface area contributed by atoms with E-state index in [1.807, 2.05) is 27.9 Å². The predicted octanol–water partition coefficient (Wildman–Crippen LogP) is 3.42. The first kappa shape index (κ1) is 27.4. The molecule has 10 heteroatoms. The number of alkyl halides is 2. The highest BCUT2D eigenvalue weighted by molar-refractivity contribution is 7.20. The fourth-order valence-electron chi connectivity index (χ4n) is 2.62. The van der Waals surface area contributed by atoms with Crippen LogP contribution in [0.15, 0.2) is 0 Å². The highest BCUT2D eigenvalue weighted by atomic mass is 31.0. The highest BCUT2D eigenvalue weighted by Gasteiger charge is 2.58. The van der Waals surface area contributed by atoms with Crippen LogP contribution in [0.1, 0.15) is 41.0 Å². The Morgan fingerprint density at radius 3 is 2.00 bits per heavy atom. The fourth-order valence-corrected chi connectivity index (χ4v) is 3.38. The molecule has 0 aromatic heterocycles. The van der Waals surface area contributed by atoms with Crippen molar-refractivity contribution >= 4 is 30.5 Å². The van der Waals surface area contributed by atoms with Gasteiger partial charge in [0.2, 0.25) is 0 Å². The molecule has 0 saturated carbocycles. The number of carboxylic acids is 1. The molecule has 0 aliphatic heterocycles. The van der Waals surface area contributed by atoms with Crippen LogP contribution in [0.3, 0.4) is 0 Å². The number of likely N-dealkylation sites (N-methyl/N-ethyl adjacent to an activating group) is 1. The molecule has 0 aromatic rings. The summed E-state index contributed by atoms with van der Waals surface area (Å²) in [5.41, 5.74) is -5.02. The third-order valence-electron chi connectivity index (χ3n) is 6.07. The number of ether oxygens (including phenoxy) is 1. The Balaban J connectivity index is 4.71. The van der Waals surface area contributed by atoms with Crippen molar-refractivity contribution in [2.24, 2.45) is 10.8 Å². The minimum Gasteiger partial charge on any atom is -0.481 e. The van der Waals surface area contributed by atoms with Crippen molar-refractivity contribution in [2.75, 3.05) is 40.3 Å². The summed E-state index contributed by atoms with van der Waals surface area (Å²) in [6, 6.07) is 0. The Kier molecular flexibility index (Phi) is 9.29. The number of hydrogen-bond acceptors (Lipinski definition) is 3. The van der Waals surface area contributed by atoms with Crippen molar-refractivity contribution in [1.29, 1.82) is 0 Å². The van der Waals surface area contributed by atoms with Crippen LogP contribution in [0.2, 0.25) is 0 Å². The molecular weight excluding hydrogens is 408 g/mol. The molecule has 0 fully saturated rings. The maximum atomic E-state index is 14.1. The predicted molar refractivity (Wildman–Crippen MR) is 114 cm³/mol. The number of quaternary nitrogens is 1. The molecule has 6 nitrogen and oxygen atoms in total. The molecule has 166 valence electrons. The summed E-state index contributed by atoms with van der Waals surface area (Å²) in [4.78, 5) is 22.7. The molecule has 0 saturated heterocycles. The lowest BCUT2D eigenvalue weighted by Crippen LogP contribution is -2.58. The number of carbonyl (C=O) groups is 2. The minimum absolute atomic E-state index is 0.0380. The molecular formula is C18H37F2N2O4P2+. The number of halogens is 2. The van der Waals surface area contributed by atoms with Crippen LogP contribution in [0.5, 0.6) is 0 Å². The Labute approximate surface area is 172 Å². The highest BCUT2D eigenvalue weighted by Crippen LogP contribution is 2.58. The average molecular weight is 445 g/mol. The normalized spacial score (nSPS) is 15.7. The van der Waals surface area contributed by atoms with Crippen molar-refractivity contribution in [3.63, 3.8) is 0 Å². The summed E-state index contributed by atoms with van der Waals surface area (Å²) in [7, 11) is 7.87. The molecule has 2 N–H and O–H groups in total. The van der Waals surface area contributed by atoms with Crippen LogP contribution in [-0.4, -0.2) is 72.8 Å². The van der Waals surface area contributed by atoms with Gasteiger partial charge in [-0.1, -0.05) is 43.9 Å². The number of carboxylic acid groups (broad SMARTS) is 1. The van der Waals surface area contributed by atoms with Gasteiger partial charge in [-0.05, 0) is 5.41 Å². The zero-order valence-electron chi connectivity index (χ0n) is 18.1. The van der Waals surface area contributed by atoms with Gasteiger partial charge in [-0.3, -0.25) is 4.79 Å². The summed E-state index contributed by atoms with van der Waals surface area (Å²) < 4.78 is 33.8. The Morgan fingerprint density at radius 1 is 1.07 bits per heavy atom. The van der Waals surface area contributed by atoms with Gasteiger partial charge in [0.05, 0.1) is 27.1 Å². The standard InChI is InChI=1S/C18H36F2N2O4P2/c1-15(2,17(5,27)16(3,4)18(19,20)28)12-21-14(25)26-11-10-22(6,7)9-8-13(23)24/h8-12,27-28H2,1-7H3,(H-,21,23,24,25)/p+1. The monoisotopic (exact) mass is 445 g/mol. The molecule has 0 bridgehead atoms. The number of nitrogens with one attached hydrogen (secondary N) is 1. The summed E-state index contributed by atoms with van der Waals surface area (Å²) in [6.07, 6.45) is -0.585. The van der Waals surface area contributed by atoms with E-state index in [9.17, 15) is 18.4 Å². The van der Waals surface area contributed by atoms with Gasteiger partial charge in [-0.2, -0.15) is 0 Å². The Hall–Kier alpha value is -0.580. The van der Waals surface area contributed by atoms with E-state index >= 15 is 0 Å². The van der Waals surface area contributed by atoms with Gasteiger partial charge >= 0.3 is 12.1 Å². The number of hydrogen-bond donors (Lipinski definition) is 2. The second-order valence-electron chi connectivity index (χ2n) is 9.35. The molecule has 3 atom stereocenters. The van der Waals surface area contributed by atoms with Crippen LogP contribution < -0.4 is 5.32 Å². The quantitative estimate of drug-likeness (QED) is 0.378. The van der Waals surface area contributed by atoms with E-state index in [-0.39, 0.29) is 19.6 Å². The van der Waals surface area contributed by atoms with E-state index in [1.165, 1.54) is 13.8 Å². The fraction of sp³-hybridized carbons (Fsp3) is 0.889. The zero-order chi connectivity index (χ0) is 22.6. The van der Waals surface area contributed by atoms with E-state index < -0.39 is 33.7 Å². The lowest BCUT2D eigenvalue weighted by Gasteiger charge is -2.53. The first-order valence-corrected chi connectivity index (χ1v) is 10.3. The third kappa shape index (κ3) is 7.35. The smallest absolute Gasteiger partial charge is 0.407 e. The number of amides is 1. The van der Waals surface area contributed by atoms with Crippen LogP contribution in [-0.2, 0) is 9.53 Å². The van der Waals surface area contributed by atoms with Gasteiger partial charge < -0.3 is 19.6 Å². The zero-order valence-corrected chi connectivity index (χ0v) is 20.4. The number of aliphatic carboxylic acids is 1. The van der Waals surface area contributed by atoms with Crippen LogP contribution in [0, 0.1) is 10.8 Å². The van der Waals surface area contributed by atoms with Gasteiger partial charge in [-0.15, -0.1) is 9.24 Å². The second-order valence-corrected chi connectivity index (χ2v) is 11.2. The van der Waals surface area contributed by atoms with Crippen molar-refractivity contribution < 1.29 is 32.7 Å². The van der Waals surface area contributed by atoms with Crippen molar-refractivity contribution in [2.45, 2.75) is 51.9 Å². The molecule has 0 radical (unpaired) electrons. The SMILES string of the molecule is CC(C)(CNC(=O)OCC[N+](C)(C)CCC(=O)O)C(C)(P)C(C)(C)C(F)(F)P. The van der Waals surface area contributed by atoms with E-state index in [0.717, 1.165) is 0 Å². The summed E-state index contributed by atoms with van der Waals surface area (Å²) in [5.74, 6) is -0.869. The van der Waals surface area contributed by atoms with Crippen molar-refractivity contribution in [3.8, 4) is 0 Å². The van der Waals surface area contributed by atoms with Crippen LogP contribution >= 0.6 is 18.5 Å². The molecule has 0 aliphatic rings. The van der Waals surface area contributed by atoms with Crippen molar-refractivity contribution in [3.05, 3.63) is 0 Å². The van der Waals surface area contributed by atoms with Gasteiger partial charge in [0.1, 0.15) is 13.2 Å². The molecule has 0 heterocycles. The molecule has 3 unspecified atom stereocenters. The first-order chi connectivity index (χ1) is 12.3. The average Bonchev–Trinajstić information content (AvgIpc) is 2.49. The molecule has 28 heavy (non-hydrogen) atoms. The molecule has 1 amide bonds. The minimum atomic E-state index is -2.99. The second kappa shape index (κ2) is 9.49. The number of carbonyl (C=O) groups excluding carboxylic acids is 1. The Bertz CT molecular complexity index is 562. The van der Waals surface area contributed by atoms with E-state index in [0.29, 0.717) is 17.6 Å². The largest absolute Gasteiger partial charge is 0.481 e. The molecule has 0 aromatic carbocycles. The topological polar surface area (TPSA) is 75.6 Å². The number of rotatable bonds is 11. The van der Waals surface area contributed by atoms with Crippen LogP contribution in [0.4, 0.5) is 13.6 Å². The van der Waals surface area contributed by atoms with E-state index in [1.54, 1.807) is 16.2 Å². The van der Waals surface area contributed by atoms with Gasteiger partial charge in [0.15, 0.2) is 0 Å². The number of alkyl carbamates (subject to hydrolysis) is 1. The Morgan fingerprint density at radius 2 is 1.57 bits per heavy atom. The van der Waals surface area contributed by atoms with Gasteiger partial charge in [0, 0.05) is 17.1 Å². The summed E-state index contributed by atoms with van der Waals surface area (Å²) in [6.45, 7) is 9.59. The summed E-state index contributed by atoms with van der Waals surface area (Å²) in [5, 5.41) is 10.5.